The van der Waals surface area contributed by atoms with Crippen LogP contribution in [0.3, 0.4) is 0 Å². The van der Waals surface area contributed by atoms with Crippen molar-refractivity contribution in [3.8, 4) is 0 Å². The summed E-state index contributed by atoms with van der Waals surface area (Å²) in [5.74, 6) is -0.412. The predicted molar refractivity (Wildman–Crippen MR) is 91.1 cm³/mol. The van der Waals surface area contributed by atoms with Crippen LogP contribution in [0, 0.1) is 10.1 Å². The quantitative estimate of drug-likeness (QED) is 0.612. The van der Waals surface area contributed by atoms with Crippen LogP contribution in [0.2, 0.25) is 5.02 Å². The van der Waals surface area contributed by atoms with Gasteiger partial charge in [-0.2, -0.15) is 0 Å². The Morgan fingerprint density at radius 1 is 1.29 bits per heavy atom. The third-order valence-electron chi connectivity index (χ3n) is 3.26. The summed E-state index contributed by atoms with van der Waals surface area (Å²) in [7, 11) is 0. The monoisotopic (exact) mass is 348 g/mol. The summed E-state index contributed by atoms with van der Waals surface area (Å²) in [6, 6.07) is 13.4. The van der Waals surface area contributed by atoms with E-state index in [-0.39, 0.29) is 22.3 Å². The molecule has 1 N–H and O–H groups in total. The zero-order valence-electron chi connectivity index (χ0n) is 13.1. The average Bonchev–Trinajstić information content (AvgIpc) is 2.55. The first-order valence-electron chi connectivity index (χ1n) is 7.34. The second-order valence-electron chi connectivity index (χ2n) is 5.30. The van der Waals surface area contributed by atoms with Gasteiger partial charge >= 0.3 is 0 Å². The fourth-order valence-corrected chi connectivity index (χ4v) is 2.26. The summed E-state index contributed by atoms with van der Waals surface area (Å²) >= 11 is 5.73. The van der Waals surface area contributed by atoms with Crippen molar-refractivity contribution >= 4 is 23.2 Å². The summed E-state index contributed by atoms with van der Waals surface area (Å²) in [6.45, 7) is 2.58. The number of carbonyl (C=O) groups is 1. The van der Waals surface area contributed by atoms with Crippen LogP contribution in [0.1, 0.15) is 22.8 Å². The van der Waals surface area contributed by atoms with Gasteiger partial charge in [0.05, 0.1) is 18.1 Å². The topological polar surface area (TPSA) is 81.5 Å². The van der Waals surface area contributed by atoms with Gasteiger partial charge in [0, 0.05) is 17.7 Å². The van der Waals surface area contributed by atoms with Crippen molar-refractivity contribution in [3.63, 3.8) is 0 Å². The average molecular weight is 349 g/mol. The molecule has 0 aromatic heterocycles. The van der Waals surface area contributed by atoms with E-state index in [2.05, 4.69) is 5.32 Å². The van der Waals surface area contributed by atoms with E-state index in [4.69, 9.17) is 16.3 Å². The van der Waals surface area contributed by atoms with Gasteiger partial charge in [-0.15, -0.1) is 0 Å². The predicted octanol–water partition coefficient (Wildman–Crippen LogP) is 3.58. The zero-order valence-corrected chi connectivity index (χ0v) is 13.8. The number of hydrogen-bond donors (Lipinski definition) is 1. The number of benzene rings is 2. The van der Waals surface area contributed by atoms with Crippen molar-refractivity contribution < 1.29 is 14.5 Å². The highest BCUT2D eigenvalue weighted by atomic mass is 35.5. The van der Waals surface area contributed by atoms with Crippen LogP contribution in [0.5, 0.6) is 0 Å². The molecular weight excluding hydrogens is 332 g/mol. The largest absolute Gasteiger partial charge is 0.375 e. The Hall–Kier alpha value is -2.44. The first-order valence-corrected chi connectivity index (χ1v) is 7.71. The normalized spacial score (nSPS) is 11.8. The molecule has 24 heavy (non-hydrogen) atoms. The molecular formula is C17H17ClN2O4. The summed E-state index contributed by atoms with van der Waals surface area (Å²) in [6.07, 6.45) is 0. The van der Waals surface area contributed by atoms with Gasteiger partial charge in [-0.3, -0.25) is 14.9 Å². The van der Waals surface area contributed by atoms with Crippen molar-refractivity contribution in [2.24, 2.45) is 0 Å². The van der Waals surface area contributed by atoms with Crippen LogP contribution in [0.15, 0.2) is 48.5 Å². The third kappa shape index (κ3) is 5.04. The number of ether oxygens (including phenoxy) is 1. The molecule has 0 bridgehead atoms. The van der Waals surface area contributed by atoms with Gasteiger partial charge < -0.3 is 10.1 Å². The van der Waals surface area contributed by atoms with Crippen molar-refractivity contribution in [1.82, 2.24) is 5.32 Å². The highest BCUT2D eigenvalue weighted by molar-refractivity contribution is 6.32. The maximum Gasteiger partial charge on any atom is 0.288 e. The van der Waals surface area contributed by atoms with Crippen LogP contribution in [-0.2, 0) is 11.3 Å². The lowest BCUT2D eigenvalue weighted by atomic mass is 10.2. The minimum atomic E-state index is -0.620. The number of nitro groups is 1. The molecule has 0 saturated carbocycles. The summed E-state index contributed by atoms with van der Waals surface area (Å²) in [5, 5.41) is 13.6. The zero-order chi connectivity index (χ0) is 17.5. The highest BCUT2D eigenvalue weighted by Crippen LogP contribution is 2.25. The van der Waals surface area contributed by atoms with Gasteiger partial charge in [-0.25, -0.2) is 0 Å². The summed E-state index contributed by atoms with van der Waals surface area (Å²) in [4.78, 5) is 22.4. The number of halogens is 1. The summed E-state index contributed by atoms with van der Waals surface area (Å²) < 4.78 is 5.56. The van der Waals surface area contributed by atoms with Crippen molar-refractivity contribution in [2.45, 2.75) is 19.6 Å². The van der Waals surface area contributed by atoms with E-state index in [0.29, 0.717) is 13.2 Å². The van der Waals surface area contributed by atoms with Crippen LogP contribution in [-0.4, -0.2) is 23.5 Å². The molecule has 0 aliphatic rings. The van der Waals surface area contributed by atoms with E-state index in [1.807, 2.05) is 30.3 Å². The molecule has 0 spiro atoms. The smallest absolute Gasteiger partial charge is 0.288 e. The molecule has 0 saturated heterocycles. The molecule has 0 fully saturated rings. The molecule has 1 atom stereocenters. The third-order valence-corrected chi connectivity index (χ3v) is 3.58. The van der Waals surface area contributed by atoms with Gasteiger partial charge in [0.1, 0.15) is 5.02 Å². The van der Waals surface area contributed by atoms with Crippen molar-refractivity contribution in [2.75, 3.05) is 6.61 Å². The second kappa shape index (κ2) is 8.42. The molecule has 0 radical (unpaired) electrons. The van der Waals surface area contributed by atoms with E-state index in [0.717, 1.165) is 11.6 Å². The van der Waals surface area contributed by atoms with Gasteiger partial charge in [-0.05, 0) is 24.6 Å². The van der Waals surface area contributed by atoms with Crippen LogP contribution in [0.25, 0.3) is 0 Å². The number of nitro benzene ring substituents is 1. The Morgan fingerprint density at radius 2 is 2.00 bits per heavy atom. The van der Waals surface area contributed by atoms with Gasteiger partial charge in [0.25, 0.3) is 11.6 Å². The first-order chi connectivity index (χ1) is 11.5. The molecule has 0 aliphatic heterocycles. The first kappa shape index (κ1) is 17.9. The van der Waals surface area contributed by atoms with E-state index in [1.165, 1.54) is 12.1 Å². The molecule has 126 valence electrons. The maximum atomic E-state index is 12.1. The van der Waals surface area contributed by atoms with Crippen LogP contribution < -0.4 is 5.32 Å². The van der Waals surface area contributed by atoms with Gasteiger partial charge in [0.2, 0.25) is 0 Å². The molecule has 0 aliphatic carbocycles. The number of rotatable bonds is 7. The van der Waals surface area contributed by atoms with E-state index < -0.39 is 10.8 Å². The van der Waals surface area contributed by atoms with Crippen LogP contribution >= 0.6 is 11.6 Å². The number of amides is 1. The Bertz CT molecular complexity index is 722. The van der Waals surface area contributed by atoms with Crippen molar-refractivity contribution in [3.05, 3.63) is 74.8 Å². The molecule has 1 unspecified atom stereocenters. The maximum absolute atomic E-state index is 12.1. The molecule has 2 rings (SSSR count). The molecule has 1 amide bonds. The minimum Gasteiger partial charge on any atom is -0.375 e. The lowest BCUT2D eigenvalue weighted by molar-refractivity contribution is -0.384. The van der Waals surface area contributed by atoms with Crippen molar-refractivity contribution in [1.29, 1.82) is 0 Å². The second-order valence-corrected chi connectivity index (χ2v) is 5.71. The number of carbonyl (C=O) groups excluding carboxylic acids is 1. The number of nitrogens with one attached hydrogen (secondary N) is 1. The van der Waals surface area contributed by atoms with E-state index >= 15 is 0 Å². The standard InChI is InChI=1S/C17H17ClN2O4/c1-12(10-24-11-13-5-3-2-4-6-13)19-17(21)14-7-8-15(18)16(9-14)20(22)23/h2-9,12H,10-11H2,1H3,(H,19,21). The molecule has 2 aromatic rings. The summed E-state index contributed by atoms with van der Waals surface area (Å²) in [5.41, 5.74) is 0.933. The fourth-order valence-electron chi connectivity index (χ4n) is 2.07. The lowest BCUT2D eigenvalue weighted by Crippen LogP contribution is -2.35. The van der Waals surface area contributed by atoms with Gasteiger partial charge in [-0.1, -0.05) is 41.9 Å². The number of nitrogens with zero attached hydrogens (tertiary/aromatic N) is 1. The Morgan fingerprint density at radius 3 is 2.67 bits per heavy atom. The fraction of sp³-hybridized carbons (Fsp3) is 0.235. The SMILES string of the molecule is CC(COCc1ccccc1)NC(=O)c1ccc(Cl)c([N+](=O)[O-])c1. The number of hydrogen-bond acceptors (Lipinski definition) is 4. The molecule has 6 nitrogen and oxygen atoms in total. The van der Waals surface area contributed by atoms with E-state index in [1.54, 1.807) is 6.92 Å². The highest BCUT2D eigenvalue weighted by Gasteiger charge is 2.17. The lowest BCUT2D eigenvalue weighted by Gasteiger charge is -2.14. The Balaban J connectivity index is 1.87. The van der Waals surface area contributed by atoms with E-state index in [9.17, 15) is 14.9 Å². The van der Waals surface area contributed by atoms with Gasteiger partial charge in [0.15, 0.2) is 0 Å². The Kier molecular flexibility index (Phi) is 6.28. The molecule has 2 aromatic carbocycles. The molecule has 7 heteroatoms. The molecule has 0 heterocycles. The van der Waals surface area contributed by atoms with Crippen LogP contribution in [0.4, 0.5) is 5.69 Å². The Labute approximate surface area is 144 Å². The minimum absolute atomic E-state index is 0.00390.